The van der Waals surface area contributed by atoms with Crippen LogP contribution in [0.3, 0.4) is 0 Å². The van der Waals surface area contributed by atoms with Gasteiger partial charge in [-0.1, -0.05) is 44.1 Å². The van der Waals surface area contributed by atoms with Crippen LogP contribution in [0.2, 0.25) is 0 Å². The van der Waals surface area contributed by atoms with E-state index in [1.54, 1.807) is 18.2 Å². The van der Waals surface area contributed by atoms with Gasteiger partial charge in [0.1, 0.15) is 17.9 Å². The lowest BCUT2D eigenvalue weighted by Crippen LogP contribution is -2.57. The van der Waals surface area contributed by atoms with E-state index < -0.39 is 23.6 Å². The number of carbonyl (C=O) groups excluding carboxylic acids is 1. The van der Waals surface area contributed by atoms with Crippen molar-refractivity contribution in [2.24, 2.45) is 5.41 Å². The van der Waals surface area contributed by atoms with Crippen molar-refractivity contribution in [3.63, 3.8) is 0 Å². The number of aromatic nitrogens is 2. The van der Waals surface area contributed by atoms with Gasteiger partial charge in [0, 0.05) is 24.2 Å². The monoisotopic (exact) mass is 585 g/mol. The van der Waals surface area contributed by atoms with Crippen LogP contribution < -0.4 is 4.74 Å². The molecule has 3 aromatic rings. The molecular formula is C33H39N5O5. The molecule has 5 rings (SSSR count). The first-order valence-corrected chi connectivity index (χ1v) is 15.0. The summed E-state index contributed by atoms with van der Waals surface area (Å²) in [5.74, 6) is 1.02. The molecule has 43 heavy (non-hydrogen) atoms. The molecule has 0 bridgehead atoms. The van der Waals surface area contributed by atoms with Crippen molar-refractivity contribution in [2.75, 3.05) is 13.1 Å². The SMILES string of the molecule is CC(C)Oc1ccc(-c2nc(-c3cccc4c3CCCC4N(C(=O)O)[C@H](C(=O)N3CCCC3)C(C)(C)C)no2)cc1C#N. The molecule has 0 saturated carbocycles. The van der Waals surface area contributed by atoms with Gasteiger partial charge < -0.3 is 19.3 Å². The predicted molar refractivity (Wildman–Crippen MR) is 160 cm³/mol. The molecular weight excluding hydrogens is 546 g/mol. The molecule has 1 aliphatic heterocycles. The van der Waals surface area contributed by atoms with E-state index in [0.29, 0.717) is 42.2 Å². The van der Waals surface area contributed by atoms with E-state index in [2.05, 4.69) is 16.2 Å². The number of carbonyl (C=O) groups is 2. The highest BCUT2D eigenvalue weighted by Gasteiger charge is 2.46. The lowest BCUT2D eigenvalue weighted by atomic mass is 9.79. The first kappa shape index (κ1) is 30.1. The zero-order valence-electron chi connectivity index (χ0n) is 25.5. The molecule has 2 aliphatic rings. The molecule has 2 atom stereocenters. The van der Waals surface area contributed by atoms with Crippen molar-refractivity contribution in [1.29, 1.82) is 5.26 Å². The molecule has 1 N–H and O–H groups in total. The molecule has 226 valence electrons. The van der Waals surface area contributed by atoms with Crippen LogP contribution in [0.25, 0.3) is 22.8 Å². The van der Waals surface area contributed by atoms with Crippen LogP contribution in [0.1, 0.15) is 83.0 Å². The van der Waals surface area contributed by atoms with E-state index in [0.717, 1.165) is 42.4 Å². The van der Waals surface area contributed by atoms with Gasteiger partial charge in [0.25, 0.3) is 5.89 Å². The van der Waals surface area contributed by atoms with Gasteiger partial charge in [-0.3, -0.25) is 9.69 Å². The number of hydrogen-bond acceptors (Lipinski definition) is 7. The Morgan fingerprint density at radius 1 is 1.16 bits per heavy atom. The minimum Gasteiger partial charge on any atom is -0.490 e. The van der Waals surface area contributed by atoms with Crippen LogP contribution in [0.15, 0.2) is 40.9 Å². The number of benzene rings is 2. The Labute approximate surface area is 252 Å². The quantitative estimate of drug-likeness (QED) is 0.334. The summed E-state index contributed by atoms with van der Waals surface area (Å²) in [5, 5.41) is 24.5. The summed E-state index contributed by atoms with van der Waals surface area (Å²) in [6.07, 6.45) is 2.78. The van der Waals surface area contributed by atoms with Crippen molar-refractivity contribution in [2.45, 2.75) is 84.9 Å². The second kappa shape index (κ2) is 12.1. The van der Waals surface area contributed by atoms with E-state index in [1.165, 1.54) is 4.90 Å². The maximum atomic E-state index is 13.8. The molecule has 0 radical (unpaired) electrons. The van der Waals surface area contributed by atoms with E-state index in [1.807, 2.05) is 57.7 Å². The van der Waals surface area contributed by atoms with Crippen molar-refractivity contribution in [1.82, 2.24) is 19.9 Å². The third-order valence-corrected chi connectivity index (χ3v) is 8.16. The zero-order valence-corrected chi connectivity index (χ0v) is 25.5. The van der Waals surface area contributed by atoms with Gasteiger partial charge >= 0.3 is 6.09 Å². The van der Waals surface area contributed by atoms with E-state index in [-0.39, 0.29) is 17.9 Å². The number of likely N-dealkylation sites (tertiary alicyclic amines) is 1. The van der Waals surface area contributed by atoms with Gasteiger partial charge in [-0.2, -0.15) is 10.2 Å². The molecule has 2 aromatic carbocycles. The van der Waals surface area contributed by atoms with Gasteiger partial charge in [-0.05, 0) is 80.7 Å². The fourth-order valence-corrected chi connectivity index (χ4v) is 6.32. The van der Waals surface area contributed by atoms with Crippen LogP contribution in [-0.2, 0) is 11.2 Å². The fourth-order valence-electron chi connectivity index (χ4n) is 6.32. The lowest BCUT2D eigenvalue weighted by Gasteiger charge is -2.44. The molecule has 10 nitrogen and oxygen atoms in total. The Bertz CT molecular complexity index is 1540. The third-order valence-electron chi connectivity index (χ3n) is 8.16. The minimum absolute atomic E-state index is 0.0740. The standard InChI is InChI=1S/C33H39N5O5/c1-20(2)42-27-15-14-21(18-22(27)19-34)30-35-29(36-43-30)25-12-8-11-24-23(25)10-9-13-26(24)38(32(40)41)28(33(3,4)5)31(39)37-16-6-7-17-37/h8,11-12,14-15,18,20,26,28H,6-7,9-10,13,16-17H2,1-5H3,(H,40,41)/t26?,28-/m1/s1. The number of nitriles is 1. The van der Waals surface area contributed by atoms with Crippen molar-refractivity contribution >= 4 is 12.0 Å². The number of ether oxygens (including phenoxy) is 1. The molecule has 10 heteroatoms. The minimum atomic E-state index is -1.10. The second-order valence-electron chi connectivity index (χ2n) is 12.7. The highest BCUT2D eigenvalue weighted by Crippen LogP contribution is 2.42. The molecule has 2 heterocycles. The highest BCUT2D eigenvalue weighted by atomic mass is 16.5. The van der Waals surface area contributed by atoms with Gasteiger partial charge in [0.05, 0.1) is 17.7 Å². The highest BCUT2D eigenvalue weighted by molar-refractivity contribution is 5.86. The van der Waals surface area contributed by atoms with Crippen molar-refractivity contribution < 1.29 is 24.0 Å². The first-order chi connectivity index (χ1) is 20.5. The van der Waals surface area contributed by atoms with Crippen molar-refractivity contribution in [3.05, 3.63) is 53.1 Å². The van der Waals surface area contributed by atoms with E-state index >= 15 is 0 Å². The van der Waals surface area contributed by atoms with Crippen LogP contribution in [-0.4, -0.2) is 62.3 Å². The number of amides is 2. The van der Waals surface area contributed by atoms with Crippen LogP contribution >= 0.6 is 0 Å². The normalized spacial score (nSPS) is 17.3. The summed E-state index contributed by atoms with van der Waals surface area (Å²) < 4.78 is 11.4. The van der Waals surface area contributed by atoms with E-state index in [4.69, 9.17) is 9.26 Å². The maximum absolute atomic E-state index is 13.8. The average Bonchev–Trinajstić information content (AvgIpc) is 3.67. The number of carboxylic acid groups (broad SMARTS) is 1. The number of hydrogen-bond donors (Lipinski definition) is 1. The number of rotatable bonds is 7. The molecule has 1 aliphatic carbocycles. The zero-order chi connectivity index (χ0) is 30.9. The van der Waals surface area contributed by atoms with Crippen LogP contribution in [0.5, 0.6) is 5.75 Å². The Balaban J connectivity index is 1.51. The van der Waals surface area contributed by atoms with Crippen LogP contribution in [0, 0.1) is 16.7 Å². The van der Waals surface area contributed by atoms with Crippen LogP contribution in [0.4, 0.5) is 4.79 Å². The summed E-state index contributed by atoms with van der Waals surface area (Å²) in [6, 6.07) is 11.8. The van der Waals surface area contributed by atoms with Gasteiger partial charge in [0.15, 0.2) is 0 Å². The predicted octanol–water partition coefficient (Wildman–Crippen LogP) is 6.46. The second-order valence-corrected chi connectivity index (χ2v) is 12.7. The summed E-state index contributed by atoms with van der Waals surface area (Å²) in [5.41, 5.74) is 2.95. The Hall–Kier alpha value is -4.39. The Morgan fingerprint density at radius 3 is 2.56 bits per heavy atom. The smallest absolute Gasteiger partial charge is 0.408 e. The van der Waals surface area contributed by atoms with Gasteiger partial charge in [-0.25, -0.2) is 4.79 Å². The molecule has 1 fully saturated rings. The maximum Gasteiger partial charge on any atom is 0.408 e. The van der Waals surface area contributed by atoms with E-state index in [9.17, 15) is 20.0 Å². The molecule has 2 amide bonds. The number of fused-ring (bicyclic) bond motifs is 1. The first-order valence-electron chi connectivity index (χ1n) is 15.0. The Kier molecular flexibility index (Phi) is 8.45. The molecule has 1 aromatic heterocycles. The fraction of sp³-hybridized carbons (Fsp3) is 0.485. The summed E-state index contributed by atoms with van der Waals surface area (Å²) in [4.78, 5) is 34.6. The van der Waals surface area contributed by atoms with Gasteiger partial charge in [-0.15, -0.1) is 0 Å². The van der Waals surface area contributed by atoms with Crippen molar-refractivity contribution in [3.8, 4) is 34.7 Å². The van der Waals surface area contributed by atoms with Gasteiger partial charge in [0.2, 0.25) is 11.7 Å². The summed E-state index contributed by atoms with van der Waals surface area (Å²) >= 11 is 0. The Morgan fingerprint density at radius 2 is 1.91 bits per heavy atom. The lowest BCUT2D eigenvalue weighted by molar-refractivity contribution is -0.140. The summed E-state index contributed by atoms with van der Waals surface area (Å²) in [6.45, 7) is 10.9. The number of nitrogens with zero attached hydrogens (tertiary/aromatic N) is 5. The third kappa shape index (κ3) is 6.07. The molecule has 0 spiro atoms. The topological polar surface area (TPSA) is 133 Å². The molecule has 1 saturated heterocycles. The largest absolute Gasteiger partial charge is 0.490 e. The summed E-state index contributed by atoms with van der Waals surface area (Å²) in [7, 11) is 0. The average molecular weight is 586 g/mol. The molecule has 1 unspecified atom stereocenters.